The average Bonchev–Trinajstić information content (AvgIpc) is 3.26. The molecule has 1 heterocycles. The first-order valence-electron chi connectivity index (χ1n) is 10.2. The van der Waals surface area contributed by atoms with Crippen molar-refractivity contribution in [1.82, 2.24) is 5.32 Å². The molecule has 2 amide bonds. The number of halogens is 1. The Hall–Kier alpha value is -2.57. The van der Waals surface area contributed by atoms with Crippen molar-refractivity contribution < 1.29 is 19.1 Å². The molecule has 0 saturated carbocycles. The van der Waals surface area contributed by atoms with Crippen LogP contribution in [0.3, 0.4) is 0 Å². The third kappa shape index (κ3) is 5.74. The van der Waals surface area contributed by atoms with Crippen LogP contribution in [0.15, 0.2) is 42.5 Å². The molecule has 2 unspecified atom stereocenters. The summed E-state index contributed by atoms with van der Waals surface area (Å²) in [7, 11) is 0. The zero-order chi connectivity index (χ0) is 21.5. The summed E-state index contributed by atoms with van der Waals surface area (Å²) in [4.78, 5) is 25.5. The van der Waals surface area contributed by atoms with E-state index in [0.29, 0.717) is 35.0 Å². The van der Waals surface area contributed by atoms with Gasteiger partial charge in [-0.3, -0.25) is 9.59 Å². The maximum Gasteiger partial charge on any atom is 0.265 e. The van der Waals surface area contributed by atoms with Crippen LogP contribution < -0.4 is 15.4 Å². The Morgan fingerprint density at radius 3 is 2.77 bits per heavy atom. The Kier molecular flexibility index (Phi) is 7.71. The molecule has 30 heavy (non-hydrogen) atoms. The highest BCUT2D eigenvalue weighted by Gasteiger charge is 2.22. The second-order valence-electron chi connectivity index (χ2n) is 7.31. The van der Waals surface area contributed by atoms with Gasteiger partial charge in [0.2, 0.25) is 0 Å². The molecule has 0 bridgehead atoms. The monoisotopic (exact) mass is 430 g/mol. The van der Waals surface area contributed by atoms with Crippen LogP contribution in [0.1, 0.15) is 42.1 Å². The number of carbonyl (C=O) groups is 2. The van der Waals surface area contributed by atoms with Crippen LogP contribution >= 0.6 is 11.6 Å². The second-order valence-corrected chi connectivity index (χ2v) is 7.71. The van der Waals surface area contributed by atoms with E-state index >= 15 is 0 Å². The third-order valence-electron chi connectivity index (χ3n) is 5.01. The highest BCUT2D eigenvalue weighted by atomic mass is 35.5. The molecule has 1 aliphatic heterocycles. The number of amides is 2. The minimum absolute atomic E-state index is 0.0522. The normalized spacial score (nSPS) is 16.7. The van der Waals surface area contributed by atoms with Crippen molar-refractivity contribution >= 4 is 29.1 Å². The number of ether oxygens (including phenoxy) is 2. The van der Waals surface area contributed by atoms with Gasteiger partial charge in [0.1, 0.15) is 5.75 Å². The fraction of sp³-hybridized carbons (Fsp3) is 0.391. The zero-order valence-corrected chi connectivity index (χ0v) is 18.0. The summed E-state index contributed by atoms with van der Waals surface area (Å²) in [6.45, 7) is 4.94. The molecule has 1 aliphatic rings. The number of para-hydroxylation sites is 1. The molecule has 2 aromatic carbocycles. The van der Waals surface area contributed by atoms with Gasteiger partial charge in [-0.2, -0.15) is 0 Å². The topological polar surface area (TPSA) is 76.7 Å². The van der Waals surface area contributed by atoms with Crippen molar-refractivity contribution in [2.24, 2.45) is 0 Å². The molecular formula is C23H27ClN2O4. The minimum atomic E-state index is -0.700. The van der Waals surface area contributed by atoms with Crippen LogP contribution in [0.4, 0.5) is 5.69 Å². The Morgan fingerprint density at radius 1 is 1.27 bits per heavy atom. The summed E-state index contributed by atoms with van der Waals surface area (Å²) in [5, 5.41) is 6.37. The van der Waals surface area contributed by atoms with Gasteiger partial charge in [0, 0.05) is 18.2 Å². The van der Waals surface area contributed by atoms with E-state index in [1.54, 1.807) is 42.5 Å². The Bertz CT molecular complexity index is 897. The number of benzene rings is 2. The molecule has 1 saturated heterocycles. The number of anilines is 1. The highest BCUT2D eigenvalue weighted by Crippen LogP contribution is 2.23. The van der Waals surface area contributed by atoms with Crippen molar-refractivity contribution in [3.05, 3.63) is 58.6 Å². The molecule has 3 rings (SSSR count). The lowest BCUT2D eigenvalue weighted by Crippen LogP contribution is -2.35. The van der Waals surface area contributed by atoms with Crippen molar-refractivity contribution in [3.63, 3.8) is 0 Å². The van der Waals surface area contributed by atoms with E-state index in [9.17, 15) is 9.59 Å². The maximum absolute atomic E-state index is 12.8. The Balaban J connectivity index is 1.65. The van der Waals surface area contributed by atoms with Crippen LogP contribution in [0, 0.1) is 6.92 Å². The van der Waals surface area contributed by atoms with Gasteiger partial charge < -0.3 is 20.1 Å². The number of carbonyl (C=O) groups excluding carboxylic acids is 2. The predicted octanol–water partition coefficient (Wildman–Crippen LogP) is 4.35. The van der Waals surface area contributed by atoms with Gasteiger partial charge >= 0.3 is 0 Å². The largest absolute Gasteiger partial charge is 0.481 e. The van der Waals surface area contributed by atoms with Crippen LogP contribution in [0.25, 0.3) is 0 Å². The highest BCUT2D eigenvalue weighted by molar-refractivity contribution is 6.31. The SMILES string of the molecule is CCC(Oc1ccc(Cl)c(C)c1)C(=O)Nc1ccccc1C(=O)NCC1CCCO1. The van der Waals surface area contributed by atoms with E-state index < -0.39 is 6.10 Å². The lowest BCUT2D eigenvalue weighted by atomic mass is 10.1. The van der Waals surface area contributed by atoms with Crippen LogP contribution in [-0.2, 0) is 9.53 Å². The molecule has 1 fully saturated rings. The van der Waals surface area contributed by atoms with Crippen molar-refractivity contribution in [2.75, 3.05) is 18.5 Å². The number of hydrogen-bond acceptors (Lipinski definition) is 4. The third-order valence-corrected chi connectivity index (χ3v) is 5.44. The van der Waals surface area contributed by atoms with Gasteiger partial charge in [-0.15, -0.1) is 0 Å². The van der Waals surface area contributed by atoms with Gasteiger partial charge in [-0.25, -0.2) is 0 Å². The van der Waals surface area contributed by atoms with E-state index in [2.05, 4.69) is 10.6 Å². The van der Waals surface area contributed by atoms with Crippen molar-refractivity contribution in [3.8, 4) is 5.75 Å². The van der Waals surface area contributed by atoms with Crippen molar-refractivity contribution in [2.45, 2.75) is 45.3 Å². The molecule has 0 spiro atoms. The van der Waals surface area contributed by atoms with E-state index in [1.807, 2.05) is 13.8 Å². The first-order chi connectivity index (χ1) is 14.5. The molecule has 0 aliphatic carbocycles. The zero-order valence-electron chi connectivity index (χ0n) is 17.2. The van der Waals surface area contributed by atoms with E-state index in [4.69, 9.17) is 21.1 Å². The fourth-order valence-corrected chi connectivity index (χ4v) is 3.40. The maximum atomic E-state index is 12.8. The van der Waals surface area contributed by atoms with Crippen LogP contribution in [0.2, 0.25) is 5.02 Å². The van der Waals surface area contributed by atoms with Crippen LogP contribution in [0.5, 0.6) is 5.75 Å². The smallest absolute Gasteiger partial charge is 0.265 e. The molecule has 6 nitrogen and oxygen atoms in total. The van der Waals surface area contributed by atoms with Gasteiger partial charge in [-0.1, -0.05) is 30.7 Å². The number of aryl methyl sites for hydroxylation is 1. The van der Waals surface area contributed by atoms with Gasteiger partial charge in [-0.05, 0) is 62.1 Å². The summed E-state index contributed by atoms with van der Waals surface area (Å²) in [5.41, 5.74) is 1.72. The first kappa shape index (κ1) is 22.1. The Morgan fingerprint density at radius 2 is 2.07 bits per heavy atom. The fourth-order valence-electron chi connectivity index (χ4n) is 3.29. The number of hydrogen-bond donors (Lipinski definition) is 2. The summed E-state index contributed by atoms with van der Waals surface area (Å²) >= 11 is 6.05. The lowest BCUT2D eigenvalue weighted by Gasteiger charge is -2.19. The average molecular weight is 431 g/mol. The number of nitrogens with one attached hydrogen (secondary N) is 2. The predicted molar refractivity (Wildman–Crippen MR) is 117 cm³/mol. The standard InChI is InChI=1S/C23H27ClN2O4/c1-3-21(30-16-10-11-19(24)15(2)13-16)23(28)26-20-9-5-4-8-18(20)22(27)25-14-17-7-6-12-29-17/h4-5,8-11,13,17,21H,3,6-7,12,14H2,1-2H3,(H,25,27)(H,26,28). The summed E-state index contributed by atoms with van der Waals surface area (Å²) in [6, 6.07) is 12.2. The molecule has 2 atom stereocenters. The van der Waals surface area contributed by atoms with E-state index in [0.717, 1.165) is 25.0 Å². The molecular weight excluding hydrogens is 404 g/mol. The number of rotatable bonds is 8. The lowest BCUT2D eigenvalue weighted by molar-refractivity contribution is -0.122. The van der Waals surface area contributed by atoms with Gasteiger partial charge in [0.15, 0.2) is 6.10 Å². The first-order valence-corrected chi connectivity index (χ1v) is 10.6. The van der Waals surface area contributed by atoms with Crippen molar-refractivity contribution in [1.29, 1.82) is 0 Å². The molecule has 0 radical (unpaired) electrons. The summed E-state index contributed by atoms with van der Waals surface area (Å²) < 4.78 is 11.4. The molecule has 0 aromatic heterocycles. The summed E-state index contributed by atoms with van der Waals surface area (Å²) in [5.74, 6) is 0.00895. The molecule has 7 heteroatoms. The molecule has 160 valence electrons. The Labute approximate surface area is 181 Å². The van der Waals surface area contributed by atoms with Crippen LogP contribution in [-0.4, -0.2) is 37.2 Å². The van der Waals surface area contributed by atoms with Gasteiger partial charge in [0.25, 0.3) is 11.8 Å². The molecule has 2 N–H and O–H groups in total. The van der Waals surface area contributed by atoms with E-state index in [1.165, 1.54) is 0 Å². The molecule has 2 aromatic rings. The van der Waals surface area contributed by atoms with E-state index in [-0.39, 0.29) is 17.9 Å². The van der Waals surface area contributed by atoms with Gasteiger partial charge in [0.05, 0.1) is 17.4 Å². The second kappa shape index (κ2) is 10.5. The quantitative estimate of drug-likeness (QED) is 0.652. The summed E-state index contributed by atoms with van der Waals surface area (Å²) in [6.07, 6.45) is 1.78. The minimum Gasteiger partial charge on any atom is -0.481 e.